The lowest BCUT2D eigenvalue weighted by Gasteiger charge is -2.63. The highest BCUT2D eigenvalue weighted by Gasteiger charge is 2.84. The van der Waals surface area contributed by atoms with Crippen molar-refractivity contribution in [1.29, 1.82) is 0 Å². The third-order valence-corrected chi connectivity index (χ3v) is 14.9. The highest BCUT2D eigenvalue weighted by molar-refractivity contribution is 5.76. The van der Waals surface area contributed by atoms with Crippen LogP contribution in [0.5, 0.6) is 0 Å². The molecule has 6 aliphatic rings. The van der Waals surface area contributed by atoms with Gasteiger partial charge in [0.05, 0.1) is 36.8 Å². The molecule has 254 valence electrons. The number of carbonyl (C=O) groups is 3. The van der Waals surface area contributed by atoms with Crippen LogP contribution in [-0.2, 0) is 28.6 Å². The maximum Gasteiger partial charge on any atom is 0.306 e. The van der Waals surface area contributed by atoms with E-state index in [1.54, 1.807) is 13.8 Å². The molecule has 0 aromatic heterocycles. The first-order valence-corrected chi connectivity index (χ1v) is 17.4. The highest BCUT2D eigenvalue weighted by Crippen LogP contribution is 2.89. The molecule has 45 heavy (non-hydrogen) atoms. The number of aliphatic hydroxyl groups is 2. The predicted octanol–water partition coefficient (Wildman–Crippen LogP) is 5.28. The van der Waals surface area contributed by atoms with Gasteiger partial charge in [-0.1, -0.05) is 34.6 Å². The number of carbonyl (C=O) groups excluding carboxylic acids is 2. The summed E-state index contributed by atoms with van der Waals surface area (Å²) in [6.07, 6.45) is 4.85. The van der Waals surface area contributed by atoms with Gasteiger partial charge in [-0.2, -0.15) is 0 Å². The number of aliphatic hydroxyl groups excluding tert-OH is 1. The van der Waals surface area contributed by atoms with Crippen LogP contribution in [0, 0.1) is 50.7 Å². The van der Waals surface area contributed by atoms with Gasteiger partial charge in [0.15, 0.2) is 6.10 Å². The van der Waals surface area contributed by atoms with Gasteiger partial charge in [0, 0.05) is 17.8 Å². The zero-order valence-electron chi connectivity index (χ0n) is 28.6. The van der Waals surface area contributed by atoms with Crippen molar-refractivity contribution < 1.29 is 43.9 Å². The van der Waals surface area contributed by atoms with Gasteiger partial charge in [0.1, 0.15) is 6.10 Å². The van der Waals surface area contributed by atoms with E-state index < -0.39 is 47.9 Å². The molecule has 13 atom stereocenters. The van der Waals surface area contributed by atoms with Crippen LogP contribution < -0.4 is 0 Å². The van der Waals surface area contributed by atoms with Gasteiger partial charge in [-0.3, -0.25) is 14.4 Å². The standard InChI is InChI=1S/C36H56O9/c1-19-17-21(30(32(5,6)42)43-20(2)37)44-28-27(19)33(7)15-16-36-18-35(36)14-13-24(45-26(40)12-11-25(38)39)31(3,4)22(35)9-10-23(36)34(33,8)29(28)41/h19,21-24,27-30,41-42H,9-18H2,1-8H3,(H,38,39)/t19-,21-,22+,23+,24+,27?,28?,29+,30+,33-,34-,35-,36+/m1/s1. The Morgan fingerprint density at radius 2 is 1.62 bits per heavy atom. The molecule has 1 aliphatic heterocycles. The van der Waals surface area contributed by atoms with Gasteiger partial charge in [0.2, 0.25) is 0 Å². The molecule has 5 aliphatic carbocycles. The Morgan fingerprint density at radius 1 is 0.978 bits per heavy atom. The van der Waals surface area contributed by atoms with Crippen molar-refractivity contribution in [3.63, 3.8) is 0 Å². The van der Waals surface area contributed by atoms with Crippen LogP contribution in [0.15, 0.2) is 0 Å². The maximum absolute atomic E-state index is 12.6. The fourth-order valence-corrected chi connectivity index (χ4v) is 13.0. The van der Waals surface area contributed by atoms with Crippen molar-refractivity contribution in [3.8, 4) is 0 Å². The largest absolute Gasteiger partial charge is 0.481 e. The molecule has 0 aromatic carbocycles. The molecule has 1 heterocycles. The van der Waals surface area contributed by atoms with E-state index in [4.69, 9.17) is 19.3 Å². The van der Waals surface area contributed by atoms with Crippen LogP contribution >= 0.6 is 0 Å². The van der Waals surface area contributed by atoms with E-state index in [1.807, 2.05) is 0 Å². The van der Waals surface area contributed by atoms with E-state index in [2.05, 4.69) is 34.6 Å². The van der Waals surface area contributed by atoms with E-state index in [-0.39, 0.29) is 57.9 Å². The molecule has 2 spiro atoms. The normalized spacial score (nSPS) is 48.4. The third kappa shape index (κ3) is 4.52. The first-order valence-electron chi connectivity index (χ1n) is 17.4. The van der Waals surface area contributed by atoms with E-state index in [9.17, 15) is 24.6 Å². The molecule has 0 aromatic rings. The molecule has 0 bridgehead atoms. The van der Waals surface area contributed by atoms with Crippen LogP contribution in [0.2, 0.25) is 0 Å². The maximum atomic E-state index is 12.6. The minimum absolute atomic E-state index is 0.0976. The predicted molar refractivity (Wildman–Crippen MR) is 165 cm³/mol. The van der Waals surface area contributed by atoms with Gasteiger partial charge in [-0.15, -0.1) is 0 Å². The van der Waals surface area contributed by atoms with Crippen molar-refractivity contribution in [2.75, 3.05) is 0 Å². The molecule has 1 saturated heterocycles. The van der Waals surface area contributed by atoms with Crippen LogP contribution in [0.25, 0.3) is 0 Å². The summed E-state index contributed by atoms with van der Waals surface area (Å²) in [6.45, 7) is 16.1. The lowest BCUT2D eigenvalue weighted by atomic mass is 9.41. The monoisotopic (exact) mass is 632 g/mol. The summed E-state index contributed by atoms with van der Waals surface area (Å²) in [4.78, 5) is 35.6. The quantitative estimate of drug-likeness (QED) is 0.320. The SMILES string of the molecule is CC(=O)O[C@@H]([C@H]1C[C@@H](C)C2C(O1)[C@H](O)[C@@]1(C)[C@@H]3CC[C@H]4C(C)(C)[C@@H](OC(=O)CCC(=O)O)CC[C@@]45C[C@@]35CC[C@]21C)C(C)(C)O. The van der Waals surface area contributed by atoms with Crippen molar-refractivity contribution >= 4 is 17.9 Å². The molecule has 9 nitrogen and oxygen atoms in total. The molecule has 0 radical (unpaired) electrons. The number of carboxylic acids is 1. The van der Waals surface area contributed by atoms with E-state index in [0.717, 1.165) is 44.9 Å². The lowest BCUT2D eigenvalue weighted by Crippen LogP contribution is -2.60. The Labute approximate surface area is 268 Å². The number of aliphatic carboxylic acids is 1. The van der Waals surface area contributed by atoms with Crippen molar-refractivity contribution in [2.45, 2.75) is 156 Å². The van der Waals surface area contributed by atoms with Gasteiger partial charge < -0.3 is 29.5 Å². The third-order valence-electron chi connectivity index (χ3n) is 14.9. The molecular weight excluding hydrogens is 576 g/mol. The number of esters is 2. The number of hydrogen-bond donors (Lipinski definition) is 3. The Kier molecular flexibility index (Phi) is 7.67. The fourth-order valence-electron chi connectivity index (χ4n) is 13.0. The highest BCUT2D eigenvalue weighted by atomic mass is 16.6. The van der Waals surface area contributed by atoms with Gasteiger partial charge in [-0.25, -0.2) is 0 Å². The number of rotatable bonds is 7. The van der Waals surface area contributed by atoms with Crippen molar-refractivity contribution in [3.05, 3.63) is 0 Å². The zero-order valence-corrected chi connectivity index (χ0v) is 28.6. The van der Waals surface area contributed by atoms with E-state index >= 15 is 0 Å². The molecule has 6 rings (SSSR count). The first-order chi connectivity index (χ1) is 20.8. The van der Waals surface area contributed by atoms with Crippen molar-refractivity contribution in [2.24, 2.45) is 50.7 Å². The van der Waals surface area contributed by atoms with Gasteiger partial charge in [0.25, 0.3) is 0 Å². The molecule has 5 saturated carbocycles. The second-order valence-corrected chi connectivity index (χ2v) is 17.6. The van der Waals surface area contributed by atoms with Crippen LogP contribution in [-0.4, -0.2) is 69.3 Å². The van der Waals surface area contributed by atoms with Gasteiger partial charge in [-0.05, 0) is 105 Å². The summed E-state index contributed by atoms with van der Waals surface area (Å²) in [5.41, 5.74) is -1.67. The molecular formula is C36H56O9. The fraction of sp³-hybridized carbons (Fsp3) is 0.917. The number of carboxylic acid groups (broad SMARTS) is 1. The molecule has 2 unspecified atom stereocenters. The van der Waals surface area contributed by atoms with E-state index in [1.165, 1.54) is 6.92 Å². The summed E-state index contributed by atoms with van der Waals surface area (Å²) in [6, 6.07) is 0. The van der Waals surface area contributed by atoms with Gasteiger partial charge >= 0.3 is 17.9 Å². The Balaban J connectivity index is 1.26. The number of fused-ring (bicyclic) bond motifs is 4. The Hall–Kier alpha value is -1.71. The topological polar surface area (TPSA) is 140 Å². The molecule has 3 N–H and O–H groups in total. The van der Waals surface area contributed by atoms with E-state index in [0.29, 0.717) is 18.3 Å². The molecule has 9 heteroatoms. The first kappa shape index (κ1) is 33.2. The Morgan fingerprint density at radius 3 is 2.24 bits per heavy atom. The Bertz CT molecular complexity index is 1240. The summed E-state index contributed by atoms with van der Waals surface area (Å²) >= 11 is 0. The minimum Gasteiger partial charge on any atom is -0.481 e. The average molecular weight is 633 g/mol. The van der Waals surface area contributed by atoms with Crippen LogP contribution in [0.4, 0.5) is 0 Å². The average Bonchev–Trinajstić information content (AvgIpc) is 3.56. The number of ether oxygens (including phenoxy) is 3. The lowest BCUT2D eigenvalue weighted by molar-refractivity contribution is -0.216. The molecule has 0 amide bonds. The van der Waals surface area contributed by atoms with Crippen LogP contribution in [0.1, 0.15) is 120 Å². The smallest absolute Gasteiger partial charge is 0.306 e. The summed E-state index contributed by atoms with van der Waals surface area (Å²) < 4.78 is 18.4. The second kappa shape index (κ2) is 10.4. The van der Waals surface area contributed by atoms with Crippen molar-refractivity contribution in [1.82, 2.24) is 0 Å². The second-order valence-electron chi connectivity index (χ2n) is 17.6. The minimum atomic E-state index is -1.29. The summed E-state index contributed by atoms with van der Waals surface area (Å²) in [5, 5.41) is 32.4. The molecule has 6 fully saturated rings. The summed E-state index contributed by atoms with van der Waals surface area (Å²) in [5.74, 6) is -0.733. The number of hydrogen-bond acceptors (Lipinski definition) is 8. The van der Waals surface area contributed by atoms with Crippen LogP contribution in [0.3, 0.4) is 0 Å². The zero-order chi connectivity index (χ0) is 33.1. The summed E-state index contributed by atoms with van der Waals surface area (Å²) in [7, 11) is 0.